The first kappa shape index (κ1) is 18.1. The van der Waals surface area contributed by atoms with E-state index in [1.54, 1.807) is 24.3 Å². The van der Waals surface area contributed by atoms with Crippen molar-refractivity contribution in [1.82, 2.24) is 15.5 Å². The Bertz CT molecular complexity index is 687. The molecule has 2 amide bonds. The fraction of sp³-hybridized carbons (Fsp3) is 0.412. The van der Waals surface area contributed by atoms with E-state index in [0.29, 0.717) is 10.7 Å². The van der Waals surface area contributed by atoms with E-state index in [0.717, 1.165) is 17.8 Å². The van der Waals surface area contributed by atoms with Crippen LogP contribution < -0.4 is 10.6 Å². The molecule has 0 aliphatic carbocycles. The summed E-state index contributed by atoms with van der Waals surface area (Å²) in [5.41, 5.74) is 0.530. The molecule has 0 radical (unpaired) electrons. The van der Waals surface area contributed by atoms with Gasteiger partial charge in [-0.15, -0.1) is 10.2 Å². The number of anilines is 1. The highest BCUT2D eigenvalue weighted by atomic mass is 32.1. The van der Waals surface area contributed by atoms with Crippen LogP contribution in [0.25, 0.3) is 0 Å². The Morgan fingerprint density at radius 2 is 1.88 bits per heavy atom. The van der Waals surface area contributed by atoms with Crippen molar-refractivity contribution in [2.24, 2.45) is 5.92 Å². The molecular weight excluding hydrogens is 324 g/mol. The molecule has 0 saturated carbocycles. The summed E-state index contributed by atoms with van der Waals surface area (Å²) < 4.78 is 0. The molecule has 1 heterocycles. The summed E-state index contributed by atoms with van der Waals surface area (Å²) in [5, 5.41) is 14.9. The number of carbonyl (C=O) groups excluding carboxylic acids is 2. The molecule has 0 saturated heterocycles. The lowest BCUT2D eigenvalue weighted by atomic mass is 9.98. The van der Waals surface area contributed by atoms with Gasteiger partial charge in [-0.05, 0) is 24.5 Å². The first-order chi connectivity index (χ1) is 11.5. The van der Waals surface area contributed by atoms with Crippen molar-refractivity contribution >= 4 is 28.3 Å². The van der Waals surface area contributed by atoms with E-state index in [-0.39, 0.29) is 17.7 Å². The summed E-state index contributed by atoms with van der Waals surface area (Å²) in [4.78, 5) is 25.0. The lowest BCUT2D eigenvalue weighted by Gasteiger charge is -2.23. The van der Waals surface area contributed by atoms with Crippen molar-refractivity contribution in [3.8, 4) is 0 Å². The van der Waals surface area contributed by atoms with Gasteiger partial charge in [-0.2, -0.15) is 0 Å². The van der Waals surface area contributed by atoms with E-state index in [1.165, 1.54) is 11.3 Å². The number of nitrogens with one attached hydrogen (secondary N) is 2. The van der Waals surface area contributed by atoms with Crippen molar-refractivity contribution in [2.45, 2.75) is 39.7 Å². The van der Waals surface area contributed by atoms with Gasteiger partial charge in [-0.25, -0.2) is 0 Å². The van der Waals surface area contributed by atoms with Crippen LogP contribution in [0.15, 0.2) is 30.3 Å². The minimum absolute atomic E-state index is 0.00349. The Morgan fingerprint density at radius 3 is 2.46 bits per heavy atom. The molecule has 2 rings (SSSR count). The third-order valence-electron chi connectivity index (χ3n) is 3.82. The van der Waals surface area contributed by atoms with Gasteiger partial charge in [0.2, 0.25) is 11.0 Å². The molecule has 1 aromatic carbocycles. The van der Waals surface area contributed by atoms with Gasteiger partial charge in [0.15, 0.2) is 0 Å². The van der Waals surface area contributed by atoms with Gasteiger partial charge >= 0.3 is 0 Å². The average molecular weight is 346 g/mol. The zero-order valence-electron chi connectivity index (χ0n) is 14.1. The van der Waals surface area contributed by atoms with Crippen LogP contribution in [-0.4, -0.2) is 28.1 Å². The predicted octanol–water partition coefficient (Wildman–Crippen LogP) is 2.88. The zero-order chi connectivity index (χ0) is 17.5. The summed E-state index contributed by atoms with van der Waals surface area (Å²) >= 11 is 1.35. The fourth-order valence-corrected chi connectivity index (χ4v) is 2.83. The lowest BCUT2D eigenvalue weighted by molar-refractivity contribution is -0.119. The first-order valence-corrected chi connectivity index (χ1v) is 8.85. The minimum Gasteiger partial charge on any atom is -0.340 e. The molecule has 0 spiro atoms. The normalized spacial score (nSPS) is 13.1. The molecule has 128 valence electrons. The fourth-order valence-electron chi connectivity index (χ4n) is 2.15. The second-order valence-electron chi connectivity index (χ2n) is 5.55. The summed E-state index contributed by atoms with van der Waals surface area (Å²) in [5.74, 6) is -0.536. The number of amides is 2. The van der Waals surface area contributed by atoms with Gasteiger partial charge < -0.3 is 5.32 Å². The molecule has 2 aromatic rings. The van der Waals surface area contributed by atoms with Gasteiger partial charge in [-0.3, -0.25) is 14.9 Å². The second-order valence-corrected chi connectivity index (χ2v) is 6.61. The molecule has 1 aromatic heterocycles. The van der Waals surface area contributed by atoms with Gasteiger partial charge in [0.05, 0.1) is 0 Å². The van der Waals surface area contributed by atoms with Gasteiger partial charge in [0.25, 0.3) is 5.91 Å². The highest BCUT2D eigenvalue weighted by Gasteiger charge is 2.27. The van der Waals surface area contributed by atoms with Crippen LogP contribution in [0.2, 0.25) is 0 Å². The van der Waals surface area contributed by atoms with E-state index in [4.69, 9.17) is 0 Å². The van der Waals surface area contributed by atoms with E-state index in [1.807, 2.05) is 26.8 Å². The molecule has 0 bridgehead atoms. The van der Waals surface area contributed by atoms with Gasteiger partial charge in [0, 0.05) is 5.56 Å². The maximum absolute atomic E-state index is 12.6. The second kappa shape index (κ2) is 8.54. The average Bonchev–Trinajstić information content (AvgIpc) is 3.07. The van der Waals surface area contributed by atoms with Crippen LogP contribution in [0.4, 0.5) is 5.13 Å². The van der Waals surface area contributed by atoms with Crippen molar-refractivity contribution in [1.29, 1.82) is 0 Å². The van der Waals surface area contributed by atoms with E-state index in [9.17, 15) is 9.59 Å². The molecule has 7 heteroatoms. The molecule has 24 heavy (non-hydrogen) atoms. The third-order valence-corrected chi connectivity index (χ3v) is 4.80. The summed E-state index contributed by atoms with van der Waals surface area (Å²) in [7, 11) is 0. The number of benzene rings is 1. The quantitative estimate of drug-likeness (QED) is 0.807. The van der Waals surface area contributed by atoms with Crippen LogP contribution in [0, 0.1) is 5.92 Å². The maximum Gasteiger partial charge on any atom is 0.251 e. The Morgan fingerprint density at radius 1 is 1.17 bits per heavy atom. The molecular formula is C17H22N4O2S. The predicted molar refractivity (Wildman–Crippen MR) is 95.1 cm³/mol. The number of aromatic nitrogens is 2. The Hall–Kier alpha value is -2.28. The third kappa shape index (κ3) is 4.61. The molecule has 2 unspecified atom stereocenters. The highest BCUT2D eigenvalue weighted by Crippen LogP contribution is 2.17. The topological polar surface area (TPSA) is 84.0 Å². The number of aryl methyl sites for hydroxylation is 1. The van der Waals surface area contributed by atoms with E-state index in [2.05, 4.69) is 20.8 Å². The molecule has 0 aliphatic heterocycles. The van der Waals surface area contributed by atoms with E-state index < -0.39 is 6.04 Å². The largest absolute Gasteiger partial charge is 0.340 e. The number of carbonyl (C=O) groups is 2. The number of rotatable bonds is 7. The van der Waals surface area contributed by atoms with Crippen molar-refractivity contribution in [3.05, 3.63) is 40.9 Å². The summed E-state index contributed by atoms with van der Waals surface area (Å²) in [6.07, 6.45) is 1.54. The Kier molecular flexibility index (Phi) is 6.43. The van der Waals surface area contributed by atoms with Crippen molar-refractivity contribution in [2.75, 3.05) is 5.32 Å². The highest BCUT2D eigenvalue weighted by molar-refractivity contribution is 7.15. The van der Waals surface area contributed by atoms with Crippen LogP contribution in [0.5, 0.6) is 0 Å². The standard InChI is InChI=1S/C17H22N4O2S/c1-4-11(3)14(18-15(22)12-9-7-6-8-10-12)16(23)19-17-21-20-13(5-2)24-17/h6-11,14H,4-5H2,1-3H3,(H,18,22)(H,19,21,23). The molecule has 2 atom stereocenters. The molecule has 6 nitrogen and oxygen atoms in total. The van der Waals surface area contributed by atoms with Crippen LogP contribution in [0.3, 0.4) is 0 Å². The first-order valence-electron chi connectivity index (χ1n) is 8.04. The lowest BCUT2D eigenvalue weighted by Crippen LogP contribution is -2.47. The molecule has 0 aliphatic rings. The Balaban J connectivity index is 2.09. The van der Waals surface area contributed by atoms with E-state index >= 15 is 0 Å². The maximum atomic E-state index is 12.6. The molecule has 0 fully saturated rings. The van der Waals surface area contributed by atoms with Crippen LogP contribution >= 0.6 is 11.3 Å². The Labute approximate surface area is 145 Å². The number of nitrogens with zero attached hydrogens (tertiary/aromatic N) is 2. The zero-order valence-corrected chi connectivity index (χ0v) is 14.9. The van der Waals surface area contributed by atoms with Crippen molar-refractivity contribution < 1.29 is 9.59 Å². The number of hydrogen-bond donors (Lipinski definition) is 2. The number of hydrogen-bond acceptors (Lipinski definition) is 5. The molecule has 2 N–H and O–H groups in total. The van der Waals surface area contributed by atoms with Gasteiger partial charge in [-0.1, -0.05) is 56.7 Å². The summed E-state index contributed by atoms with van der Waals surface area (Å²) in [6.45, 7) is 5.90. The minimum atomic E-state index is -0.628. The van der Waals surface area contributed by atoms with Crippen LogP contribution in [0.1, 0.15) is 42.6 Å². The SMILES string of the molecule is CCc1nnc(NC(=O)C(NC(=O)c2ccccc2)C(C)CC)s1. The smallest absolute Gasteiger partial charge is 0.251 e. The summed E-state index contributed by atoms with van der Waals surface area (Å²) in [6, 6.07) is 8.24. The van der Waals surface area contributed by atoms with Crippen LogP contribution in [-0.2, 0) is 11.2 Å². The monoisotopic (exact) mass is 346 g/mol. The van der Waals surface area contributed by atoms with Gasteiger partial charge in [0.1, 0.15) is 11.0 Å². The van der Waals surface area contributed by atoms with Crippen molar-refractivity contribution in [3.63, 3.8) is 0 Å².